The number of methoxy groups -OCH3 is 3. The molecule has 1 amide bonds. The minimum atomic E-state index is -1.36. The summed E-state index contributed by atoms with van der Waals surface area (Å²) in [5.74, 6) is 1.90. The molecular formula is C28H29NO6. The standard InChI is InChI=1S/C28H29NO6/c1-17-22(11-18-12-25(33-4)28(2,31)26(13-18)34-5)21-9-8-19(32-3)14-24(21)23(17)15-27(30)29-16-20-7-6-10-35-20/h6-15,31H,16H2,1-5H3,(H,29,30)/b18-11?,23-15-. The Morgan fingerprint density at radius 3 is 2.40 bits per heavy atom. The fraction of sp³-hybridized carbons (Fsp3) is 0.250. The van der Waals surface area contributed by atoms with E-state index in [1.807, 2.05) is 37.3 Å². The Morgan fingerprint density at radius 1 is 1.09 bits per heavy atom. The molecule has 2 N–H and O–H groups in total. The van der Waals surface area contributed by atoms with Gasteiger partial charge in [-0.15, -0.1) is 0 Å². The minimum Gasteiger partial charge on any atom is -0.498 e. The van der Waals surface area contributed by atoms with Crippen LogP contribution in [0.15, 0.2) is 88.0 Å². The van der Waals surface area contributed by atoms with Crippen LogP contribution in [0.2, 0.25) is 0 Å². The number of hydrogen-bond donors (Lipinski definition) is 2. The fourth-order valence-corrected chi connectivity index (χ4v) is 4.31. The maximum absolute atomic E-state index is 12.8. The van der Waals surface area contributed by atoms with Gasteiger partial charge < -0.3 is 29.1 Å². The quantitative estimate of drug-likeness (QED) is 0.572. The maximum Gasteiger partial charge on any atom is 0.244 e. The second kappa shape index (κ2) is 9.72. The SMILES string of the molecule is COC1=CC(=CC2=C(C)/C(=C/C(=O)NCc3ccco3)c3cc(OC)ccc32)C=C(OC)C1(C)O. The second-order valence-corrected chi connectivity index (χ2v) is 8.45. The molecule has 0 unspecified atom stereocenters. The smallest absolute Gasteiger partial charge is 0.244 e. The molecule has 0 saturated heterocycles. The molecule has 4 rings (SSSR count). The molecule has 1 aromatic carbocycles. The molecule has 1 aromatic heterocycles. The van der Waals surface area contributed by atoms with Crippen LogP contribution in [0.3, 0.4) is 0 Å². The summed E-state index contributed by atoms with van der Waals surface area (Å²) in [5, 5.41) is 13.7. The number of nitrogens with one attached hydrogen (secondary N) is 1. The molecule has 2 aliphatic carbocycles. The number of hydrogen-bond acceptors (Lipinski definition) is 6. The van der Waals surface area contributed by atoms with Crippen molar-refractivity contribution >= 4 is 17.1 Å². The summed E-state index contributed by atoms with van der Waals surface area (Å²) in [7, 11) is 4.64. The van der Waals surface area contributed by atoms with E-state index in [2.05, 4.69) is 5.32 Å². The number of benzene rings is 1. The summed E-state index contributed by atoms with van der Waals surface area (Å²) in [6.45, 7) is 3.90. The average Bonchev–Trinajstić information content (AvgIpc) is 3.45. The maximum atomic E-state index is 12.8. The van der Waals surface area contributed by atoms with Crippen LogP contribution < -0.4 is 10.1 Å². The molecule has 0 fully saturated rings. The normalized spacial score (nSPS) is 20.3. The zero-order valence-corrected chi connectivity index (χ0v) is 20.5. The number of rotatable bonds is 7. The van der Waals surface area contributed by atoms with Crippen LogP contribution in [-0.4, -0.2) is 37.9 Å². The van der Waals surface area contributed by atoms with Crippen molar-refractivity contribution < 1.29 is 28.5 Å². The minimum absolute atomic E-state index is 0.227. The van der Waals surface area contributed by atoms with E-state index in [0.29, 0.717) is 29.6 Å². The van der Waals surface area contributed by atoms with Crippen molar-refractivity contribution in [1.29, 1.82) is 0 Å². The van der Waals surface area contributed by atoms with Gasteiger partial charge >= 0.3 is 0 Å². The van der Waals surface area contributed by atoms with Crippen molar-refractivity contribution in [3.8, 4) is 5.75 Å². The number of ether oxygens (including phenoxy) is 3. The van der Waals surface area contributed by atoms with E-state index in [-0.39, 0.29) is 5.91 Å². The van der Waals surface area contributed by atoms with Gasteiger partial charge in [-0.3, -0.25) is 4.79 Å². The monoisotopic (exact) mass is 475 g/mol. The Bertz CT molecular complexity index is 1260. The number of carbonyl (C=O) groups is 1. The van der Waals surface area contributed by atoms with E-state index >= 15 is 0 Å². The summed E-state index contributed by atoms with van der Waals surface area (Å²) < 4.78 is 21.6. The molecule has 2 aromatic rings. The summed E-state index contributed by atoms with van der Waals surface area (Å²) in [4.78, 5) is 12.8. The fourth-order valence-electron chi connectivity index (χ4n) is 4.31. The Balaban J connectivity index is 1.76. The molecule has 0 radical (unpaired) electrons. The molecule has 1 heterocycles. The Morgan fingerprint density at radius 2 is 1.80 bits per heavy atom. The van der Waals surface area contributed by atoms with Gasteiger partial charge in [0.05, 0.1) is 34.1 Å². The number of amides is 1. The molecule has 0 saturated carbocycles. The van der Waals surface area contributed by atoms with Gasteiger partial charge in [0.15, 0.2) is 5.60 Å². The predicted octanol–water partition coefficient (Wildman–Crippen LogP) is 4.53. The first-order valence-electron chi connectivity index (χ1n) is 11.2. The van der Waals surface area contributed by atoms with Crippen LogP contribution in [-0.2, 0) is 20.8 Å². The lowest BCUT2D eigenvalue weighted by Gasteiger charge is -2.30. The Labute approximate surface area is 204 Å². The molecule has 0 bridgehead atoms. The number of fused-ring (bicyclic) bond motifs is 1. The van der Waals surface area contributed by atoms with Crippen molar-refractivity contribution in [2.24, 2.45) is 0 Å². The van der Waals surface area contributed by atoms with E-state index in [1.165, 1.54) is 14.2 Å². The number of furan rings is 1. The van der Waals surface area contributed by atoms with Crippen molar-refractivity contribution in [3.05, 3.63) is 100 Å². The van der Waals surface area contributed by atoms with Gasteiger partial charge in [-0.05, 0) is 89.8 Å². The highest BCUT2D eigenvalue weighted by molar-refractivity contribution is 6.09. The van der Waals surface area contributed by atoms with Crippen LogP contribution in [0.1, 0.15) is 30.7 Å². The van der Waals surface area contributed by atoms with Crippen LogP contribution in [0.25, 0.3) is 11.1 Å². The van der Waals surface area contributed by atoms with E-state index in [1.54, 1.807) is 44.6 Å². The van der Waals surface area contributed by atoms with Gasteiger partial charge in [0.2, 0.25) is 5.91 Å². The van der Waals surface area contributed by atoms with Crippen LogP contribution in [0.4, 0.5) is 0 Å². The average molecular weight is 476 g/mol. The molecule has 0 atom stereocenters. The predicted molar refractivity (Wildman–Crippen MR) is 133 cm³/mol. The molecular weight excluding hydrogens is 446 g/mol. The van der Waals surface area contributed by atoms with Crippen molar-refractivity contribution in [1.82, 2.24) is 5.32 Å². The van der Waals surface area contributed by atoms with Gasteiger partial charge in [0, 0.05) is 6.08 Å². The molecule has 0 spiro atoms. The molecule has 35 heavy (non-hydrogen) atoms. The third kappa shape index (κ3) is 4.68. The topological polar surface area (TPSA) is 90.2 Å². The van der Waals surface area contributed by atoms with Crippen molar-refractivity contribution in [2.75, 3.05) is 21.3 Å². The number of aliphatic hydroxyl groups is 1. The summed E-state index contributed by atoms with van der Waals surface area (Å²) >= 11 is 0. The summed E-state index contributed by atoms with van der Waals surface area (Å²) in [6, 6.07) is 9.39. The lowest BCUT2D eigenvalue weighted by atomic mass is 9.91. The summed E-state index contributed by atoms with van der Waals surface area (Å²) in [6.07, 6.45) is 8.73. The third-order valence-electron chi connectivity index (χ3n) is 6.21. The van der Waals surface area contributed by atoms with E-state index in [4.69, 9.17) is 18.6 Å². The third-order valence-corrected chi connectivity index (χ3v) is 6.21. The first kappa shape index (κ1) is 24.2. The van der Waals surface area contributed by atoms with Crippen molar-refractivity contribution in [2.45, 2.75) is 26.0 Å². The van der Waals surface area contributed by atoms with Crippen LogP contribution >= 0.6 is 0 Å². The van der Waals surface area contributed by atoms with Gasteiger partial charge in [0.1, 0.15) is 23.0 Å². The highest BCUT2D eigenvalue weighted by Crippen LogP contribution is 2.44. The first-order valence-corrected chi connectivity index (χ1v) is 11.2. The lowest BCUT2D eigenvalue weighted by molar-refractivity contribution is -0.116. The van der Waals surface area contributed by atoms with Gasteiger partial charge in [0.25, 0.3) is 0 Å². The zero-order chi connectivity index (χ0) is 25.2. The highest BCUT2D eigenvalue weighted by Gasteiger charge is 2.36. The lowest BCUT2D eigenvalue weighted by Crippen LogP contribution is -2.33. The van der Waals surface area contributed by atoms with E-state index in [9.17, 15) is 9.90 Å². The number of carbonyl (C=O) groups excluding carboxylic acids is 1. The van der Waals surface area contributed by atoms with Gasteiger partial charge in [-0.2, -0.15) is 0 Å². The number of allylic oxidation sites excluding steroid dienone is 7. The molecule has 2 aliphatic rings. The molecule has 182 valence electrons. The van der Waals surface area contributed by atoms with Gasteiger partial charge in [-0.25, -0.2) is 0 Å². The first-order chi connectivity index (χ1) is 16.8. The molecule has 0 aliphatic heterocycles. The van der Waals surface area contributed by atoms with E-state index < -0.39 is 5.60 Å². The van der Waals surface area contributed by atoms with Crippen molar-refractivity contribution in [3.63, 3.8) is 0 Å². The van der Waals surface area contributed by atoms with Crippen LogP contribution in [0.5, 0.6) is 5.75 Å². The summed E-state index contributed by atoms with van der Waals surface area (Å²) in [5.41, 5.74) is 3.99. The van der Waals surface area contributed by atoms with E-state index in [0.717, 1.165) is 33.4 Å². The van der Waals surface area contributed by atoms with Gasteiger partial charge in [-0.1, -0.05) is 6.07 Å². The Hall–Kier alpha value is -3.97. The second-order valence-electron chi connectivity index (χ2n) is 8.45. The zero-order valence-electron chi connectivity index (χ0n) is 20.5. The van der Waals surface area contributed by atoms with Crippen LogP contribution in [0, 0.1) is 0 Å². The Kier molecular flexibility index (Phi) is 6.71. The largest absolute Gasteiger partial charge is 0.498 e. The molecule has 7 heteroatoms. The molecule has 7 nitrogen and oxygen atoms in total. The highest BCUT2D eigenvalue weighted by atomic mass is 16.5.